The molecule has 21 heavy (non-hydrogen) atoms. The largest absolute Gasteiger partial charge is 0.550 e. The zero-order valence-electron chi connectivity index (χ0n) is 14.0. The Bertz CT molecular complexity index is 251. The van der Waals surface area contributed by atoms with E-state index >= 15 is 0 Å². The molecule has 0 radical (unpaired) electrons. The summed E-state index contributed by atoms with van der Waals surface area (Å²) >= 11 is 0. The zero-order valence-corrected chi connectivity index (χ0v) is 15.7. The van der Waals surface area contributed by atoms with Crippen molar-refractivity contribution in [3.8, 4) is 0 Å². The molecule has 9 heteroatoms. The van der Waals surface area contributed by atoms with Gasteiger partial charge in [0.2, 0.25) is 0 Å². The van der Waals surface area contributed by atoms with Crippen molar-refractivity contribution >= 4 is 7.94 Å². The van der Waals surface area contributed by atoms with Crippen LogP contribution < -0.4 is 14.0 Å². The second-order valence-electron chi connectivity index (χ2n) is 4.38. The minimum Gasteiger partial charge on any atom is -0.179 e. The summed E-state index contributed by atoms with van der Waals surface area (Å²) < 4.78 is 45.3. The van der Waals surface area contributed by atoms with Crippen LogP contribution in [0.25, 0.3) is 0 Å². The molecular formula is C12H30ClN3O4P+. The third kappa shape index (κ3) is 5.23. The van der Waals surface area contributed by atoms with Crippen LogP contribution in [0.1, 0.15) is 41.5 Å². The molecule has 0 fully saturated rings. The van der Waals surface area contributed by atoms with Crippen molar-refractivity contribution in [3.63, 3.8) is 0 Å². The van der Waals surface area contributed by atoms with Crippen molar-refractivity contribution in [1.29, 1.82) is 0 Å². The molecule has 0 aromatic rings. The molecule has 0 aromatic carbocycles. The van der Waals surface area contributed by atoms with Crippen LogP contribution in [0.2, 0.25) is 0 Å². The molecule has 0 aliphatic carbocycles. The normalized spacial score (nSPS) is 13.7. The summed E-state index contributed by atoms with van der Waals surface area (Å²) in [5, 5.41) is 0. The zero-order chi connectivity index (χ0) is 16.7. The lowest BCUT2D eigenvalue weighted by Crippen LogP contribution is -2.63. The number of nitrogens with zero attached hydrogens (tertiary/aromatic N) is 3. The Morgan fingerprint density at radius 3 is 1.05 bits per heavy atom. The average molecular weight is 347 g/mol. The van der Waals surface area contributed by atoms with Gasteiger partial charge in [-0.3, -0.25) is 0 Å². The van der Waals surface area contributed by atoms with E-state index in [0.717, 1.165) is 0 Å². The first-order valence-corrected chi connectivity index (χ1v) is 10.3. The molecular weight excluding hydrogens is 317 g/mol. The highest BCUT2D eigenvalue weighted by atomic mass is 35.7. The van der Waals surface area contributed by atoms with Crippen LogP contribution in [-0.2, 0) is 4.08 Å². The average Bonchev–Trinajstić information content (AvgIpc) is 2.40. The van der Waals surface area contributed by atoms with Gasteiger partial charge in [-0.2, -0.15) is 14.0 Å². The molecule has 0 aromatic heterocycles. The van der Waals surface area contributed by atoms with Crippen LogP contribution >= 0.6 is 7.94 Å². The summed E-state index contributed by atoms with van der Waals surface area (Å²) in [6.07, 6.45) is 0. The van der Waals surface area contributed by atoms with Crippen LogP contribution in [0.15, 0.2) is 0 Å². The van der Waals surface area contributed by atoms with E-state index in [1.165, 1.54) is 0 Å². The predicted molar refractivity (Wildman–Crippen MR) is 76.8 cm³/mol. The molecule has 7 nitrogen and oxygen atoms in total. The third-order valence-electron chi connectivity index (χ3n) is 3.47. The van der Waals surface area contributed by atoms with E-state index in [-0.39, 0.29) is 0 Å². The van der Waals surface area contributed by atoms with Crippen molar-refractivity contribution in [3.05, 3.63) is 0 Å². The van der Waals surface area contributed by atoms with E-state index in [9.17, 15) is 14.0 Å². The summed E-state index contributed by atoms with van der Waals surface area (Å²) in [7, 11) is -7.36. The number of halogens is 1. The quantitative estimate of drug-likeness (QED) is 0.470. The van der Waals surface area contributed by atoms with E-state index in [1.54, 1.807) is 0 Å². The molecule has 0 aliphatic heterocycles. The fourth-order valence-corrected chi connectivity index (χ4v) is 7.80. The Morgan fingerprint density at radius 2 is 0.905 bits per heavy atom. The summed E-state index contributed by atoms with van der Waals surface area (Å²) in [4.78, 5) is 0. The summed E-state index contributed by atoms with van der Waals surface area (Å²) in [5.74, 6) is 0. The van der Waals surface area contributed by atoms with Gasteiger partial charge in [0.1, 0.15) is 10.2 Å². The van der Waals surface area contributed by atoms with Gasteiger partial charge in [-0.1, -0.05) is 0 Å². The fraction of sp³-hybridized carbons (Fsp3) is 1.00. The van der Waals surface area contributed by atoms with Gasteiger partial charge in [-0.25, -0.2) is 0 Å². The lowest BCUT2D eigenvalue weighted by atomic mass is 10.7. The first kappa shape index (κ1) is 21.4. The first-order chi connectivity index (χ1) is 9.77. The smallest absolute Gasteiger partial charge is 0.179 e. The molecule has 128 valence electrons. The van der Waals surface area contributed by atoms with Gasteiger partial charge in [-0.05, 0) is 41.5 Å². The minimum atomic E-state index is -4.50. The third-order valence-corrected chi connectivity index (χ3v) is 8.80. The van der Waals surface area contributed by atoms with Crippen molar-refractivity contribution in [2.45, 2.75) is 41.5 Å². The van der Waals surface area contributed by atoms with E-state index in [0.29, 0.717) is 39.3 Å². The van der Waals surface area contributed by atoms with Gasteiger partial charge < -0.3 is 0 Å². The first-order valence-electron chi connectivity index (χ1n) is 7.54. The van der Waals surface area contributed by atoms with Gasteiger partial charge in [-0.15, -0.1) is 14.0 Å². The van der Waals surface area contributed by atoms with Gasteiger partial charge >= 0.3 is 7.94 Å². The summed E-state index contributed by atoms with van der Waals surface area (Å²) in [5.41, 5.74) is 0. The molecule has 0 unspecified atom stereocenters. The molecule has 0 saturated carbocycles. The summed E-state index contributed by atoms with van der Waals surface area (Å²) in [6, 6.07) is 0. The van der Waals surface area contributed by atoms with Crippen LogP contribution in [-0.4, -0.2) is 53.3 Å². The van der Waals surface area contributed by atoms with E-state index < -0.39 is 18.2 Å². The monoisotopic (exact) mass is 346 g/mol. The molecule has 0 N–H and O–H groups in total. The Morgan fingerprint density at radius 1 is 0.667 bits per heavy atom. The van der Waals surface area contributed by atoms with Gasteiger partial charge in [0.25, 0.3) is 4.08 Å². The number of hydrogen-bond acceptors (Lipinski definition) is 7. The lowest BCUT2D eigenvalue weighted by Gasteiger charge is -2.38. The minimum absolute atomic E-state index is 0.613. The summed E-state index contributed by atoms with van der Waals surface area (Å²) in [6.45, 7) is 15.4. The predicted octanol–water partition coefficient (Wildman–Crippen LogP) is -0.397. The maximum atomic E-state index is 11.4. The molecule has 0 amide bonds. The Balaban J connectivity index is 6.03. The van der Waals surface area contributed by atoms with Gasteiger partial charge in [0.15, 0.2) is 0 Å². The highest BCUT2D eigenvalue weighted by molar-refractivity contribution is 7.64. The van der Waals surface area contributed by atoms with Crippen LogP contribution in [0.3, 0.4) is 0 Å². The second-order valence-corrected chi connectivity index (χ2v) is 8.41. The van der Waals surface area contributed by atoms with Gasteiger partial charge in [0, 0.05) is 39.3 Å². The van der Waals surface area contributed by atoms with Gasteiger partial charge in [0.05, 0.1) is 0 Å². The fourth-order valence-electron chi connectivity index (χ4n) is 2.56. The highest BCUT2D eigenvalue weighted by Crippen LogP contribution is 2.69. The standard InChI is InChI=1S/C12H30ClN3O4P/c1-7-14(8-2)21(15(9-3)10-4,16(11-5)12-6)20-13(17,18)19/h7-12H2,1-6H3/q+1. The SMILES string of the molecule is CCN(CC)[P+](O[Cl+3]([O-])([O-])[O-])(N(CC)CC)N(CC)CC. The maximum Gasteiger partial charge on any atom is 0.550 e. The molecule has 0 aliphatic rings. The Labute approximate surface area is 131 Å². The molecule has 0 bridgehead atoms. The topological polar surface area (TPSA) is 88.1 Å². The second kappa shape index (κ2) is 9.55. The molecule has 0 heterocycles. The lowest BCUT2D eigenvalue weighted by molar-refractivity contribution is -1.91. The van der Waals surface area contributed by atoms with E-state index in [2.05, 4.69) is 0 Å². The highest BCUT2D eigenvalue weighted by Gasteiger charge is 2.69. The van der Waals surface area contributed by atoms with E-state index in [4.69, 9.17) is 4.08 Å². The van der Waals surface area contributed by atoms with Crippen LogP contribution in [0.5, 0.6) is 0 Å². The van der Waals surface area contributed by atoms with Crippen LogP contribution in [0, 0.1) is 10.2 Å². The molecule has 0 saturated heterocycles. The van der Waals surface area contributed by atoms with E-state index in [1.807, 2.05) is 55.6 Å². The molecule has 0 rings (SSSR count). The van der Waals surface area contributed by atoms with Crippen molar-refractivity contribution < 1.29 is 28.3 Å². The van der Waals surface area contributed by atoms with Crippen molar-refractivity contribution in [2.24, 2.45) is 0 Å². The maximum absolute atomic E-state index is 11.4. The number of rotatable bonds is 11. The number of hydrogen-bond donors (Lipinski definition) is 0. The molecule has 0 spiro atoms. The Hall–Kier alpha value is 0.440. The van der Waals surface area contributed by atoms with Crippen molar-refractivity contribution in [1.82, 2.24) is 14.0 Å². The van der Waals surface area contributed by atoms with Crippen molar-refractivity contribution in [2.75, 3.05) is 39.3 Å². The molecule has 0 atom stereocenters. The van der Waals surface area contributed by atoms with Crippen LogP contribution in [0.4, 0.5) is 0 Å². The Kier molecular flexibility index (Phi) is 9.75.